The van der Waals surface area contributed by atoms with Gasteiger partial charge in [-0.2, -0.15) is 0 Å². The van der Waals surface area contributed by atoms with E-state index < -0.39 is 23.4 Å². The molecule has 0 aromatic heterocycles. The Balaban J connectivity index is 1.61. The molecular weight excluding hydrogens is 544 g/mol. The van der Waals surface area contributed by atoms with Gasteiger partial charge >= 0.3 is 5.97 Å². The summed E-state index contributed by atoms with van der Waals surface area (Å²) in [6.45, 7) is 6.66. The maximum atomic E-state index is 15.0. The molecule has 7 nitrogen and oxygen atoms in total. The van der Waals surface area contributed by atoms with Gasteiger partial charge in [-0.15, -0.1) is 0 Å². The first-order chi connectivity index (χ1) is 18.3. The number of carbonyl (C=O) groups excluding carboxylic acids is 2. The van der Waals surface area contributed by atoms with Crippen LogP contribution in [0.3, 0.4) is 0 Å². The third-order valence-electron chi connectivity index (χ3n) is 7.66. The molecule has 2 aromatic rings. The Kier molecular flexibility index (Phi) is 8.38. The summed E-state index contributed by atoms with van der Waals surface area (Å²) >= 11 is 12.5. The van der Waals surface area contributed by atoms with Gasteiger partial charge in [-0.3, -0.25) is 19.4 Å². The van der Waals surface area contributed by atoms with Crippen LogP contribution in [0.2, 0.25) is 10.0 Å². The average Bonchev–Trinajstić information content (AvgIpc) is 3.09. The van der Waals surface area contributed by atoms with Gasteiger partial charge in [-0.25, -0.2) is 4.39 Å². The normalized spacial score (nSPS) is 21.3. The number of aliphatic imine (C=N–C) groups is 1. The molecule has 1 aliphatic carbocycles. The van der Waals surface area contributed by atoms with Gasteiger partial charge in [0.05, 0.1) is 12.0 Å². The minimum absolute atomic E-state index is 0.108. The summed E-state index contributed by atoms with van der Waals surface area (Å²) in [4.78, 5) is 43.5. The predicted molar refractivity (Wildman–Crippen MR) is 149 cm³/mol. The van der Waals surface area contributed by atoms with Crippen molar-refractivity contribution in [1.82, 2.24) is 10.2 Å². The van der Waals surface area contributed by atoms with Crippen LogP contribution in [-0.2, 0) is 16.1 Å². The molecule has 1 spiro atoms. The van der Waals surface area contributed by atoms with Gasteiger partial charge in [-0.05, 0) is 72.9 Å². The predicted octanol–water partition coefficient (Wildman–Crippen LogP) is 6.10. The minimum Gasteiger partial charge on any atom is -0.481 e. The Hall–Kier alpha value is -2.97. The number of hydrogen-bond donors (Lipinski definition) is 2. The molecule has 4 rings (SSSR count). The number of nitrogens with zero attached hydrogens (tertiary/aromatic N) is 2. The van der Waals surface area contributed by atoms with E-state index in [1.807, 2.05) is 0 Å². The monoisotopic (exact) mass is 575 g/mol. The largest absolute Gasteiger partial charge is 0.481 e. The first-order valence-electron chi connectivity index (χ1n) is 13.0. The van der Waals surface area contributed by atoms with Crippen LogP contribution in [0.25, 0.3) is 0 Å². The zero-order chi connectivity index (χ0) is 28.5. The van der Waals surface area contributed by atoms with E-state index in [4.69, 9.17) is 33.3 Å². The molecule has 1 saturated carbocycles. The summed E-state index contributed by atoms with van der Waals surface area (Å²) in [5, 5.41) is 11.9. The average molecular weight is 576 g/mol. The fraction of sp³-hybridized carbons (Fsp3) is 0.448. The Morgan fingerprint density at radius 2 is 1.77 bits per heavy atom. The molecular formula is C29H32Cl2FN3O4. The van der Waals surface area contributed by atoms with Crippen molar-refractivity contribution < 1.29 is 23.9 Å². The third kappa shape index (κ3) is 6.44. The molecule has 2 amide bonds. The van der Waals surface area contributed by atoms with Crippen molar-refractivity contribution in [2.24, 2.45) is 16.3 Å². The van der Waals surface area contributed by atoms with Crippen LogP contribution in [0.1, 0.15) is 74.4 Å². The first-order valence-corrected chi connectivity index (χ1v) is 13.7. The Morgan fingerprint density at radius 3 is 2.33 bits per heavy atom. The van der Waals surface area contributed by atoms with E-state index in [0.29, 0.717) is 39.9 Å². The molecule has 0 atom stereocenters. The summed E-state index contributed by atoms with van der Waals surface area (Å²) in [7, 11) is 0. The van der Waals surface area contributed by atoms with E-state index in [9.17, 15) is 18.8 Å². The van der Waals surface area contributed by atoms with Crippen molar-refractivity contribution in [3.8, 4) is 0 Å². The van der Waals surface area contributed by atoms with Crippen molar-refractivity contribution in [1.29, 1.82) is 0 Å². The van der Waals surface area contributed by atoms with Crippen LogP contribution in [-0.4, -0.2) is 45.7 Å². The van der Waals surface area contributed by atoms with Crippen LogP contribution in [0, 0.1) is 17.2 Å². The van der Waals surface area contributed by atoms with Crippen molar-refractivity contribution in [2.45, 2.75) is 65.1 Å². The first kappa shape index (κ1) is 29.0. The number of benzene rings is 2. The number of amides is 2. The van der Waals surface area contributed by atoms with Gasteiger partial charge in [0.2, 0.25) is 0 Å². The molecule has 39 heavy (non-hydrogen) atoms. The summed E-state index contributed by atoms with van der Waals surface area (Å²) in [5.74, 6) is -2.30. The summed E-state index contributed by atoms with van der Waals surface area (Å²) < 4.78 is 15.0. The fourth-order valence-corrected chi connectivity index (χ4v) is 5.99. The van der Waals surface area contributed by atoms with Crippen LogP contribution >= 0.6 is 23.2 Å². The van der Waals surface area contributed by atoms with E-state index in [1.54, 1.807) is 29.2 Å². The van der Waals surface area contributed by atoms with Gasteiger partial charge in [0, 0.05) is 28.7 Å². The van der Waals surface area contributed by atoms with Gasteiger partial charge in [0.15, 0.2) is 0 Å². The number of hydrogen-bond acceptors (Lipinski definition) is 4. The molecule has 0 bridgehead atoms. The van der Waals surface area contributed by atoms with E-state index >= 15 is 0 Å². The van der Waals surface area contributed by atoms with Gasteiger partial charge in [0.1, 0.15) is 17.2 Å². The highest BCUT2D eigenvalue weighted by atomic mass is 35.5. The molecule has 10 heteroatoms. The van der Waals surface area contributed by atoms with Crippen molar-refractivity contribution >= 4 is 46.7 Å². The van der Waals surface area contributed by atoms with Gasteiger partial charge in [0.25, 0.3) is 11.8 Å². The maximum absolute atomic E-state index is 15.0. The highest BCUT2D eigenvalue weighted by Gasteiger charge is 2.50. The number of rotatable bonds is 7. The standard InChI is InChI=1S/C29H32Cl2FN3O4/c1-28(2,3)19-6-9-29(10-7-19)34-25(18-13-20(30)15-21(31)14-18)27(39)35(29)16-17-4-5-22(23(32)12-17)26(38)33-11-8-24(36)37/h4-5,12-15,19H,6-11,16H2,1-3H3,(H,33,38)(H,36,37). The van der Waals surface area contributed by atoms with Crippen LogP contribution in [0.5, 0.6) is 0 Å². The number of carboxylic acid groups (broad SMARTS) is 1. The summed E-state index contributed by atoms with van der Waals surface area (Å²) in [6, 6.07) is 9.12. The Labute approximate surface area is 237 Å². The van der Waals surface area contributed by atoms with Gasteiger partial charge in [-0.1, -0.05) is 50.0 Å². The van der Waals surface area contributed by atoms with E-state index in [-0.39, 0.29) is 42.1 Å². The van der Waals surface area contributed by atoms with Gasteiger partial charge < -0.3 is 15.3 Å². The summed E-state index contributed by atoms with van der Waals surface area (Å²) in [6.07, 6.45) is 2.87. The van der Waals surface area contributed by atoms with E-state index in [2.05, 4.69) is 26.1 Å². The second-order valence-corrected chi connectivity index (χ2v) is 12.2. The van der Waals surface area contributed by atoms with Crippen molar-refractivity contribution in [3.05, 3.63) is 69.0 Å². The van der Waals surface area contributed by atoms with Crippen LogP contribution in [0.4, 0.5) is 4.39 Å². The molecule has 1 aliphatic heterocycles. The van der Waals surface area contributed by atoms with Crippen LogP contribution in [0.15, 0.2) is 41.4 Å². The Morgan fingerprint density at radius 1 is 1.13 bits per heavy atom. The summed E-state index contributed by atoms with van der Waals surface area (Å²) in [5.41, 5.74) is 0.502. The zero-order valence-corrected chi connectivity index (χ0v) is 23.7. The second kappa shape index (κ2) is 11.3. The quantitative estimate of drug-likeness (QED) is 0.416. The molecule has 0 unspecified atom stereocenters. The lowest BCUT2D eigenvalue weighted by Gasteiger charge is -2.44. The van der Waals surface area contributed by atoms with E-state index in [0.717, 1.165) is 12.8 Å². The minimum atomic E-state index is -1.06. The number of carboxylic acids is 1. The van der Waals surface area contributed by atoms with E-state index in [1.165, 1.54) is 12.1 Å². The molecule has 208 valence electrons. The molecule has 0 radical (unpaired) electrons. The number of carbonyl (C=O) groups is 3. The fourth-order valence-electron chi connectivity index (χ4n) is 5.46. The molecule has 1 fully saturated rings. The maximum Gasteiger partial charge on any atom is 0.305 e. The molecule has 2 N–H and O–H groups in total. The number of halogens is 3. The van der Waals surface area contributed by atoms with Crippen molar-refractivity contribution in [3.63, 3.8) is 0 Å². The SMILES string of the molecule is CC(C)(C)C1CCC2(CC1)N=C(c1cc(Cl)cc(Cl)c1)C(=O)N2Cc1ccc(C(=O)NCCC(=O)O)c(F)c1. The smallest absolute Gasteiger partial charge is 0.305 e. The molecule has 1 heterocycles. The zero-order valence-electron chi connectivity index (χ0n) is 22.2. The third-order valence-corrected chi connectivity index (χ3v) is 8.10. The molecule has 0 saturated heterocycles. The lowest BCUT2D eigenvalue weighted by molar-refractivity contribution is -0.136. The highest BCUT2D eigenvalue weighted by molar-refractivity contribution is 6.47. The molecule has 2 aliphatic rings. The van der Waals surface area contributed by atoms with Crippen molar-refractivity contribution in [2.75, 3.05) is 6.54 Å². The van der Waals surface area contributed by atoms with Crippen LogP contribution < -0.4 is 5.32 Å². The topological polar surface area (TPSA) is 99.1 Å². The number of nitrogens with one attached hydrogen (secondary N) is 1. The highest BCUT2D eigenvalue weighted by Crippen LogP contribution is 2.47. The molecule has 2 aromatic carbocycles. The number of aliphatic carboxylic acids is 1. The Bertz CT molecular complexity index is 1310. The lowest BCUT2D eigenvalue weighted by atomic mass is 9.69. The lowest BCUT2D eigenvalue weighted by Crippen LogP contribution is -2.49. The second-order valence-electron chi connectivity index (χ2n) is 11.3.